The summed E-state index contributed by atoms with van der Waals surface area (Å²) in [6, 6.07) is 14.2. The molecule has 32 heavy (non-hydrogen) atoms. The summed E-state index contributed by atoms with van der Waals surface area (Å²) in [7, 11) is 0. The van der Waals surface area contributed by atoms with E-state index in [0.717, 1.165) is 16.4 Å². The van der Waals surface area contributed by atoms with E-state index in [9.17, 15) is 9.59 Å². The fraction of sp³-hybridized carbons (Fsp3) is 0.261. The van der Waals surface area contributed by atoms with Crippen LogP contribution in [0.3, 0.4) is 0 Å². The number of rotatable bonds is 5. The molecular formula is C23H23ClN4O3S. The fourth-order valence-electron chi connectivity index (χ4n) is 3.37. The van der Waals surface area contributed by atoms with Crippen LogP contribution in [0.5, 0.6) is 0 Å². The predicted octanol–water partition coefficient (Wildman–Crippen LogP) is 4.99. The predicted molar refractivity (Wildman–Crippen MR) is 128 cm³/mol. The number of thiazole rings is 1. The van der Waals surface area contributed by atoms with E-state index in [-0.39, 0.29) is 12.0 Å². The molecule has 1 aliphatic heterocycles. The van der Waals surface area contributed by atoms with Crippen molar-refractivity contribution in [1.82, 2.24) is 9.88 Å². The lowest BCUT2D eigenvalue weighted by Crippen LogP contribution is -2.50. The number of hydrogen-bond acceptors (Lipinski definition) is 6. The molecular weight excluding hydrogens is 448 g/mol. The van der Waals surface area contributed by atoms with Crippen LogP contribution in [0.1, 0.15) is 17.3 Å². The number of carbonyl (C=O) groups excluding carboxylic acids is 2. The quantitative estimate of drug-likeness (QED) is 0.531. The molecule has 2 amide bonds. The van der Waals surface area contributed by atoms with Gasteiger partial charge in [0, 0.05) is 47.8 Å². The van der Waals surface area contributed by atoms with Gasteiger partial charge in [-0.1, -0.05) is 23.7 Å². The summed E-state index contributed by atoms with van der Waals surface area (Å²) >= 11 is 7.56. The zero-order chi connectivity index (χ0) is 22.5. The van der Waals surface area contributed by atoms with Crippen LogP contribution in [0.25, 0.3) is 11.3 Å². The van der Waals surface area contributed by atoms with E-state index >= 15 is 0 Å². The Morgan fingerprint density at radius 3 is 2.41 bits per heavy atom. The lowest BCUT2D eigenvalue weighted by atomic mass is 10.2. The highest BCUT2D eigenvalue weighted by molar-refractivity contribution is 7.14. The number of benzene rings is 2. The molecule has 166 valence electrons. The molecule has 0 atom stereocenters. The maximum Gasteiger partial charge on any atom is 0.338 e. The van der Waals surface area contributed by atoms with Crippen LogP contribution in [0.2, 0.25) is 5.02 Å². The first kappa shape index (κ1) is 22.1. The number of piperazine rings is 1. The smallest absolute Gasteiger partial charge is 0.338 e. The molecule has 1 saturated heterocycles. The SMILES string of the molecule is CCOC(=O)c1ccc(NC(=O)N2CCN(c3nc(-c4ccc(Cl)cc4)cs3)CC2)cc1. The van der Waals surface area contributed by atoms with Gasteiger partial charge in [-0.25, -0.2) is 14.6 Å². The zero-order valence-corrected chi connectivity index (χ0v) is 19.2. The average Bonchev–Trinajstić information content (AvgIpc) is 3.30. The van der Waals surface area contributed by atoms with Gasteiger partial charge >= 0.3 is 12.0 Å². The Balaban J connectivity index is 1.30. The first-order chi connectivity index (χ1) is 15.5. The van der Waals surface area contributed by atoms with Gasteiger partial charge in [-0.2, -0.15) is 0 Å². The van der Waals surface area contributed by atoms with Gasteiger partial charge < -0.3 is 19.9 Å². The summed E-state index contributed by atoms with van der Waals surface area (Å²) in [5.41, 5.74) is 3.05. The molecule has 3 aromatic rings. The number of carbonyl (C=O) groups is 2. The van der Waals surface area contributed by atoms with E-state index in [1.807, 2.05) is 29.6 Å². The van der Waals surface area contributed by atoms with Gasteiger partial charge in [0.15, 0.2) is 5.13 Å². The van der Waals surface area contributed by atoms with Crippen molar-refractivity contribution in [2.75, 3.05) is 43.0 Å². The van der Waals surface area contributed by atoms with E-state index in [4.69, 9.17) is 21.3 Å². The molecule has 1 N–H and O–H groups in total. The molecule has 0 aliphatic carbocycles. The fourth-order valence-corrected chi connectivity index (χ4v) is 4.38. The standard InChI is InChI=1S/C23H23ClN4O3S/c1-2-31-21(29)17-5-9-19(10-6-17)25-22(30)27-11-13-28(14-12-27)23-26-20(15-32-23)16-3-7-18(24)8-4-16/h3-10,15H,2,11-14H2,1H3,(H,25,30). The minimum atomic E-state index is -0.372. The molecule has 2 heterocycles. The first-order valence-corrected chi connectivity index (χ1v) is 11.6. The minimum Gasteiger partial charge on any atom is -0.462 e. The van der Waals surface area contributed by atoms with Crippen molar-refractivity contribution in [3.63, 3.8) is 0 Å². The third kappa shape index (κ3) is 5.20. The Bertz CT molecular complexity index is 1080. The van der Waals surface area contributed by atoms with Gasteiger partial charge in [-0.15, -0.1) is 11.3 Å². The monoisotopic (exact) mass is 470 g/mol. The normalized spacial score (nSPS) is 13.7. The van der Waals surface area contributed by atoms with Gasteiger partial charge in [0.25, 0.3) is 0 Å². The molecule has 4 rings (SSSR count). The Labute approximate surface area is 195 Å². The van der Waals surface area contributed by atoms with Crippen molar-refractivity contribution in [1.29, 1.82) is 0 Å². The number of urea groups is 1. The maximum absolute atomic E-state index is 12.6. The molecule has 1 fully saturated rings. The van der Waals surface area contributed by atoms with E-state index in [1.54, 1.807) is 47.4 Å². The Morgan fingerprint density at radius 2 is 1.75 bits per heavy atom. The van der Waals surface area contributed by atoms with Gasteiger partial charge in [0.2, 0.25) is 0 Å². The second-order valence-electron chi connectivity index (χ2n) is 7.22. The summed E-state index contributed by atoms with van der Waals surface area (Å²) in [4.78, 5) is 33.1. The van der Waals surface area contributed by atoms with Crippen LogP contribution in [-0.4, -0.2) is 54.7 Å². The van der Waals surface area contributed by atoms with Gasteiger partial charge in [0.05, 0.1) is 17.9 Å². The summed E-state index contributed by atoms with van der Waals surface area (Å²) in [6.07, 6.45) is 0. The van der Waals surface area contributed by atoms with Crippen molar-refractivity contribution in [2.24, 2.45) is 0 Å². The first-order valence-electron chi connectivity index (χ1n) is 10.3. The highest BCUT2D eigenvalue weighted by Gasteiger charge is 2.23. The summed E-state index contributed by atoms with van der Waals surface area (Å²) in [6.45, 7) is 4.71. The number of aromatic nitrogens is 1. The highest BCUT2D eigenvalue weighted by atomic mass is 35.5. The molecule has 0 saturated carbocycles. The van der Waals surface area contributed by atoms with E-state index in [2.05, 4.69) is 10.2 Å². The number of nitrogens with zero attached hydrogens (tertiary/aromatic N) is 3. The number of nitrogens with one attached hydrogen (secondary N) is 1. The summed E-state index contributed by atoms with van der Waals surface area (Å²) in [5.74, 6) is -0.372. The Morgan fingerprint density at radius 1 is 1.06 bits per heavy atom. The van der Waals surface area contributed by atoms with Gasteiger partial charge in [-0.3, -0.25) is 0 Å². The topological polar surface area (TPSA) is 74.8 Å². The van der Waals surface area contributed by atoms with Gasteiger partial charge in [0.1, 0.15) is 0 Å². The second-order valence-corrected chi connectivity index (χ2v) is 8.50. The van der Waals surface area contributed by atoms with Crippen LogP contribution in [0.4, 0.5) is 15.6 Å². The Hall–Kier alpha value is -3.10. The van der Waals surface area contributed by atoms with E-state index in [0.29, 0.717) is 49.1 Å². The number of halogens is 1. The summed E-state index contributed by atoms with van der Waals surface area (Å²) < 4.78 is 4.97. The van der Waals surface area contributed by atoms with E-state index < -0.39 is 0 Å². The van der Waals surface area contributed by atoms with Crippen LogP contribution >= 0.6 is 22.9 Å². The lowest BCUT2D eigenvalue weighted by molar-refractivity contribution is 0.0526. The maximum atomic E-state index is 12.6. The van der Waals surface area contributed by atoms with E-state index in [1.165, 1.54) is 0 Å². The molecule has 0 radical (unpaired) electrons. The number of hydrogen-bond donors (Lipinski definition) is 1. The summed E-state index contributed by atoms with van der Waals surface area (Å²) in [5, 5.41) is 6.58. The second kappa shape index (κ2) is 10.0. The van der Waals surface area contributed by atoms with Crippen LogP contribution in [0.15, 0.2) is 53.9 Å². The van der Waals surface area contributed by atoms with Crippen molar-refractivity contribution in [3.05, 3.63) is 64.5 Å². The molecule has 2 aromatic carbocycles. The largest absolute Gasteiger partial charge is 0.462 e. The molecule has 1 aromatic heterocycles. The number of esters is 1. The third-order valence-electron chi connectivity index (χ3n) is 5.12. The molecule has 9 heteroatoms. The molecule has 0 unspecified atom stereocenters. The number of amides is 2. The van der Waals surface area contributed by atoms with Crippen LogP contribution in [-0.2, 0) is 4.74 Å². The van der Waals surface area contributed by atoms with Crippen LogP contribution < -0.4 is 10.2 Å². The van der Waals surface area contributed by atoms with Gasteiger partial charge in [-0.05, 0) is 43.3 Å². The van der Waals surface area contributed by atoms with Crippen molar-refractivity contribution in [3.8, 4) is 11.3 Å². The minimum absolute atomic E-state index is 0.158. The zero-order valence-electron chi connectivity index (χ0n) is 17.6. The highest BCUT2D eigenvalue weighted by Crippen LogP contribution is 2.29. The number of anilines is 2. The molecule has 0 spiro atoms. The average molecular weight is 471 g/mol. The molecule has 0 bridgehead atoms. The third-order valence-corrected chi connectivity index (χ3v) is 6.27. The van der Waals surface area contributed by atoms with Crippen molar-refractivity contribution in [2.45, 2.75) is 6.92 Å². The number of ether oxygens (including phenoxy) is 1. The van der Waals surface area contributed by atoms with Crippen LogP contribution in [0, 0.1) is 0 Å². The van der Waals surface area contributed by atoms with Crippen molar-refractivity contribution >= 4 is 45.8 Å². The Kier molecular flexibility index (Phi) is 6.92. The van der Waals surface area contributed by atoms with Crippen molar-refractivity contribution < 1.29 is 14.3 Å². The molecule has 7 nitrogen and oxygen atoms in total. The molecule has 1 aliphatic rings. The lowest BCUT2D eigenvalue weighted by Gasteiger charge is -2.34.